The number of carboxylic acids is 1. The first-order chi connectivity index (χ1) is 9.61. The van der Waals surface area contributed by atoms with Crippen LogP contribution in [0, 0.1) is 0 Å². The van der Waals surface area contributed by atoms with E-state index >= 15 is 0 Å². The van der Waals surface area contributed by atoms with Crippen LogP contribution in [0.25, 0.3) is 0 Å². The Morgan fingerprint density at radius 1 is 1.35 bits per heavy atom. The normalized spacial score (nSPS) is 18.8. The van der Waals surface area contributed by atoms with Crippen LogP contribution in [0.3, 0.4) is 0 Å². The van der Waals surface area contributed by atoms with Gasteiger partial charge in [-0.1, -0.05) is 24.3 Å². The Morgan fingerprint density at radius 3 is 2.80 bits per heavy atom. The van der Waals surface area contributed by atoms with Crippen molar-refractivity contribution in [3.8, 4) is 0 Å². The molecule has 6 heteroatoms. The van der Waals surface area contributed by atoms with Gasteiger partial charge in [0.25, 0.3) is 0 Å². The van der Waals surface area contributed by atoms with Crippen LogP contribution in [0.1, 0.15) is 30.0 Å². The molecule has 0 heterocycles. The minimum atomic E-state index is -1.28. The Hall–Kier alpha value is -2.08. The third-order valence-corrected chi connectivity index (χ3v) is 3.46. The van der Waals surface area contributed by atoms with Crippen LogP contribution in [-0.4, -0.2) is 34.9 Å². The van der Waals surface area contributed by atoms with Gasteiger partial charge in [0, 0.05) is 0 Å². The van der Waals surface area contributed by atoms with E-state index in [1.807, 2.05) is 24.3 Å². The zero-order valence-electron chi connectivity index (χ0n) is 11.0. The number of hydrogen-bond donors (Lipinski definition) is 4. The van der Waals surface area contributed by atoms with Gasteiger partial charge < -0.3 is 20.8 Å². The number of nitrogens with one attached hydrogen (secondary N) is 2. The summed E-state index contributed by atoms with van der Waals surface area (Å²) in [6, 6.07) is 5.92. The van der Waals surface area contributed by atoms with Crippen molar-refractivity contribution in [2.45, 2.75) is 31.3 Å². The van der Waals surface area contributed by atoms with E-state index in [4.69, 9.17) is 10.2 Å². The number of benzene rings is 1. The van der Waals surface area contributed by atoms with Gasteiger partial charge in [-0.05, 0) is 30.4 Å². The molecule has 20 heavy (non-hydrogen) atoms. The van der Waals surface area contributed by atoms with Gasteiger partial charge in [0.2, 0.25) is 0 Å². The first kappa shape index (κ1) is 14.3. The van der Waals surface area contributed by atoms with E-state index in [0.717, 1.165) is 24.8 Å². The molecule has 1 aliphatic carbocycles. The van der Waals surface area contributed by atoms with Gasteiger partial charge in [0.1, 0.15) is 0 Å². The molecule has 1 aliphatic rings. The molecule has 1 aromatic rings. The van der Waals surface area contributed by atoms with Crippen molar-refractivity contribution >= 4 is 12.0 Å². The molecular weight excluding hydrogens is 260 g/mol. The lowest BCUT2D eigenvalue weighted by Gasteiger charge is -2.26. The Balaban J connectivity index is 2.01. The van der Waals surface area contributed by atoms with Gasteiger partial charge in [-0.2, -0.15) is 0 Å². The molecule has 0 spiro atoms. The largest absolute Gasteiger partial charge is 0.480 e. The highest BCUT2D eigenvalue weighted by Gasteiger charge is 2.24. The average Bonchev–Trinajstić information content (AvgIpc) is 2.45. The van der Waals surface area contributed by atoms with Crippen molar-refractivity contribution in [3.63, 3.8) is 0 Å². The molecule has 2 rings (SSSR count). The van der Waals surface area contributed by atoms with E-state index in [1.165, 1.54) is 5.56 Å². The maximum absolute atomic E-state index is 11.8. The molecule has 0 fully saturated rings. The number of carboxylic acid groups (broad SMARTS) is 1. The first-order valence-corrected chi connectivity index (χ1v) is 6.60. The van der Waals surface area contributed by atoms with Gasteiger partial charge in [-0.3, -0.25) is 0 Å². The van der Waals surface area contributed by atoms with E-state index in [1.54, 1.807) is 0 Å². The van der Waals surface area contributed by atoms with Crippen LogP contribution >= 0.6 is 0 Å². The second-order valence-corrected chi connectivity index (χ2v) is 4.83. The highest BCUT2D eigenvalue weighted by Crippen LogP contribution is 2.29. The maximum Gasteiger partial charge on any atom is 0.328 e. The molecule has 0 radical (unpaired) electrons. The summed E-state index contributed by atoms with van der Waals surface area (Å²) >= 11 is 0. The molecule has 0 aliphatic heterocycles. The lowest BCUT2D eigenvalue weighted by molar-refractivity contribution is -0.140. The van der Waals surface area contributed by atoms with Crippen LogP contribution in [0.2, 0.25) is 0 Å². The maximum atomic E-state index is 11.8. The number of aliphatic hydroxyl groups is 1. The Labute approximate surface area is 116 Å². The molecule has 4 N–H and O–H groups in total. The topological polar surface area (TPSA) is 98.7 Å². The standard InChI is InChI=1S/C14H18N2O4/c17-8-12(13(18)19)16-14(20)15-11-7-3-5-9-4-1-2-6-10(9)11/h1-2,4,6,11-12,17H,3,5,7-8H2,(H,18,19)(H2,15,16,20)/t11?,12-/m0/s1. The molecule has 108 valence electrons. The minimum Gasteiger partial charge on any atom is -0.480 e. The first-order valence-electron chi connectivity index (χ1n) is 6.60. The summed E-state index contributed by atoms with van der Waals surface area (Å²) in [4.78, 5) is 22.6. The van der Waals surface area contributed by atoms with Crippen LogP contribution < -0.4 is 10.6 Å². The number of aliphatic hydroxyl groups excluding tert-OH is 1. The Kier molecular flexibility index (Phi) is 4.57. The molecule has 0 bridgehead atoms. The quantitative estimate of drug-likeness (QED) is 0.655. The number of hydrogen-bond acceptors (Lipinski definition) is 3. The fraction of sp³-hybridized carbons (Fsp3) is 0.429. The van der Waals surface area contributed by atoms with Crippen molar-refractivity contribution in [2.75, 3.05) is 6.61 Å². The summed E-state index contributed by atoms with van der Waals surface area (Å²) in [7, 11) is 0. The van der Waals surface area contributed by atoms with Crippen LogP contribution in [0.4, 0.5) is 4.79 Å². The number of carbonyl (C=O) groups excluding carboxylic acids is 1. The second kappa shape index (κ2) is 6.38. The molecule has 0 aromatic heterocycles. The SMILES string of the molecule is O=C(NC1CCCc2ccccc21)N[C@@H](CO)C(=O)O. The molecule has 2 atom stereocenters. The van der Waals surface area contributed by atoms with Gasteiger partial charge in [0.15, 0.2) is 6.04 Å². The molecular formula is C14H18N2O4. The summed E-state index contributed by atoms with van der Waals surface area (Å²) < 4.78 is 0. The van der Waals surface area contributed by atoms with E-state index in [2.05, 4.69) is 10.6 Å². The van der Waals surface area contributed by atoms with Crippen molar-refractivity contribution in [3.05, 3.63) is 35.4 Å². The van der Waals surface area contributed by atoms with E-state index in [9.17, 15) is 9.59 Å². The zero-order chi connectivity index (χ0) is 14.5. The number of carbonyl (C=O) groups is 2. The number of urea groups is 1. The van der Waals surface area contributed by atoms with E-state index in [0.29, 0.717) is 0 Å². The fourth-order valence-corrected chi connectivity index (χ4v) is 2.45. The van der Waals surface area contributed by atoms with Crippen molar-refractivity contribution in [1.82, 2.24) is 10.6 Å². The fourth-order valence-electron chi connectivity index (χ4n) is 2.45. The lowest BCUT2D eigenvalue weighted by Crippen LogP contribution is -2.49. The van der Waals surface area contributed by atoms with Crippen molar-refractivity contribution < 1.29 is 19.8 Å². The summed E-state index contributed by atoms with van der Waals surface area (Å²) in [5.41, 5.74) is 2.28. The van der Waals surface area contributed by atoms with Crippen molar-refractivity contribution in [1.29, 1.82) is 0 Å². The number of fused-ring (bicyclic) bond motifs is 1. The minimum absolute atomic E-state index is 0.118. The molecule has 6 nitrogen and oxygen atoms in total. The smallest absolute Gasteiger partial charge is 0.328 e. The number of aryl methyl sites for hydroxylation is 1. The molecule has 1 unspecified atom stereocenters. The van der Waals surface area contributed by atoms with Crippen LogP contribution in [0.5, 0.6) is 0 Å². The van der Waals surface area contributed by atoms with Gasteiger partial charge in [0.05, 0.1) is 12.6 Å². The highest BCUT2D eigenvalue weighted by molar-refractivity contribution is 5.82. The Bertz CT molecular complexity index is 504. The summed E-state index contributed by atoms with van der Waals surface area (Å²) in [5.74, 6) is -1.26. The summed E-state index contributed by atoms with van der Waals surface area (Å²) in [6.45, 7) is -0.635. The number of amides is 2. The monoisotopic (exact) mass is 278 g/mol. The predicted octanol–water partition coefficient (Wildman–Crippen LogP) is 0.809. The zero-order valence-corrected chi connectivity index (χ0v) is 11.0. The van der Waals surface area contributed by atoms with Crippen LogP contribution in [-0.2, 0) is 11.2 Å². The molecule has 2 amide bonds. The molecule has 1 aromatic carbocycles. The molecule has 0 saturated heterocycles. The average molecular weight is 278 g/mol. The predicted molar refractivity (Wildman–Crippen MR) is 72.3 cm³/mol. The summed E-state index contributed by atoms with van der Waals surface area (Å²) in [6.07, 6.45) is 2.79. The Morgan fingerprint density at radius 2 is 2.10 bits per heavy atom. The number of rotatable bonds is 4. The van der Waals surface area contributed by atoms with Gasteiger partial charge >= 0.3 is 12.0 Å². The van der Waals surface area contributed by atoms with Crippen LogP contribution in [0.15, 0.2) is 24.3 Å². The van der Waals surface area contributed by atoms with E-state index < -0.39 is 24.6 Å². The molecule has 0 saturated carbocycles. The second-order valence-electron chi connectivity index (χ2n) is 4.83. The van der Waals surface area contributed by atoms with Gasteiger partial charge in [-0.15, -0.1) is 0 Å². The van der Waals surface area contributed by atoms with E-state index in [-0.39, 0.29) is 6.04 Å². The van der Waals surface area contributed by atoms with Gasteiger partial charge in [-0.25, -0.2) is 9.59 Å². The third-order valence-electron chi connectivity index (χ3n) is 3.46. The lowest BCUT2D eigenvalue weighted by atomic mass is 9.88. The van der Waals surface area contributed by atoms with Crippen molar-refractivity contribution in [2.24, 2.45) is 0 Å². The number of aliphatic carboxylic acids is 1. The summed E-state index contributed by atoms with van der Waals surface area (Å²) in [5, 5.41) is 22.7. The third kappa shape index (κ3) is 3.27. The highest BCUT2D eigenvalue weighted by atomic mass is 16.4.